The first-order valence-corrected chi connectivity index (χ1v) is 5.60. The van der Waals surface area contributed by atoms with Gasteiger partial charge in [-0.1, -0.05) is 44.3 Å². The van der Waals surface area contributed by atoms with Gasteiger partial charge in [0.05, 0.1) is 15.9 Å². The minimum absolute atomic E-state index is 0.659. The highest BCUT2D eigenvalue weighted by atomic mass is 35.5. The molecule has 0 aliphatic carbocycles. The number of benzene rings is 1. The lowest BCUT2D eigenvalue weighted by atomic mass is 10.1. The molecule has 3 nitrogen and oxygen atoms in total. The van der Waals surface area contributed by atoms with Crippen LogP contribution in [0.3, 0.4) is 0 Å². The van der Waals surface area contributed by atoms with Crippen LogP contribution in [0, 0.1) is 6.92 Å². The molecule has 0 unspecified atom stereocenters. The molecule has 1 aromatic carbocycles. The highest BCUT2D eigenvalue weighted by Crippen LogP contribution is 2.30. The van der Waals surface area contributed by atoms with Crippen molar-refractivity contribution in [1.82, 2.24) is 10.2 Å². The third kappa shape index (κ3) is 2.21. The maximum absolute atomic E-state index is 6.02. The van der Waals surface area contributed by atoms with Crippen LogP contribution < -0.4 is 4.72 Å². The van der Waals surface area contributed by atoms with E-state index in [-0.39, 0.29) is 0 Å². The van der Waals surface area contributed by atoms with Gasteiger partial charge in [-0.2, -0.15) is 5.10 Å². The number of aromatic amines is 1. The molecule has 15 heavy (non-hydrogen) atoms. The topological polar surface area (TPSA) is 40.7 Å². The number of rotatable bonds is 1. The number of hydrogen-bond donors (Lipinski definition) is 3. The van der Waals surface area contributed by atoms with Crippen molar-refractivity contribution in [2.24, 2.45) is 0 Å². The van der Waals surface area contributed by atoms with E-state index in [0.29, 0.717) is 10.8 Å². The largest absolute Gasteiger partial charge is 0.315 e. The van der Waals surface area contributed by atoms with Crippen LogP contribution in [0.1, 0.15) is 19.4 Å². The fraction of sp³-hybridized carbons (Fsp3) is 0.300. The first-order chi connectivity index (χ1) is 7.24. The maximum atomic E-state index is 6.02. The lowest BCUT2D eigenvalue weighted by Crippen LogP contribution is -1.81. The number of H-pyrrole nitrogens is 1. The summed E-state index contributed by atoms with van der Waals surface area (Å²) in [5.41, 5.74) is 2.06. The summed E-state index contributed by atoms with van der Waals surface area (Å²) in [7, 11) is 0. The number of hydrogen-bond acceptors (Lipinski definition) is 3. The molecule has 0 amide bonds. The predicted molar refractivity (Wildman–Crippen MR) is 69.8 cm³/mol. The normalized spacial score (nSPS) is 9.67. The number of aromatic nitrogens is 2. The third-order valence-electron chi connectivity index (χ3n) is 1.99. The van der Waals surface area contributed by atoms with Gasteiger partial charge in [-0.3, -0.25) is 5.10 Å². The molecule has 5 heteroatoms. The fourth-order valence-corrected chi connectivity index (χ4v) is 1.71. The Morgan fingerprint density at radius 2 is 2.07 bits per heavy atom. The SMILES string of the molecule is CC.Cc1ccc(Cl)c2c(NS)n[nH]c12. The second-order valence-corrected chi connectivity index (χ2v) is 3.43. The van der Waals surface area contributed by atoms with Crippen LogP contribution in [-0.4, -0.2) is 10.2 Å². The zero-order valence-corrected chi connectivity index (χ0v) is 10.6. The molecule has 0 spiro atoms. The Labute approximate surface area is 99.8 Å². The molecule has 2 aromatic rings. The molecule has 2 N–H and O–H groups in total. The Bertz CT molecular complexity index is 453. The summed E-state index contributed by atoms with van der Waals surface area (Å²) >= 11 is 9.96. The number of aryl methyl sites for hydroxylation is 1. The molecule has 0 saturated heterocycles. The van der Waals surface area contributed by atoms with Crippen LogP contribution >= 0.6 is 24.4 Å². The molecule has 0 bridgehead atoms. The molecule has 1 aromatic heterocycles. The van der Waals surface area contributed by atoms with E-state index in [4.69, 9.17) is 11.6 Å². The van der Waals surface area contributed by atoms with Gasteiger partial charge in [-0.15, -0.1) is 0 Å². The van der Waals surface area contributed by atoms with E-state index in [9.17, 15) is 0 Å². The molecule has 82 valence electrons. The summed E-state index contributed by atoms with van der Waals surface area (Å²) in [6.45, 7) is 6.00. The number of fused-ring (bicyclic) bond motifs is 1. The van der Waals surface area contributed by atoms with Gasteiger partial charge >= 0.3 is 0 Å². The van der Waals surface area contributed by atoms with Crippen molar-refractivity contribution in [2.75, 3.05) is 4.72 Å². The lowest BCUT2D eigenvalue weighted by Gasteiger charge is -1.98. The van der Waals surface area contributed by atoms with Gasteiger partial charge < -0.3 is 4.72 Å². The van der Waals surface area contributed by atoms with Crippen molar-refractivity contribution in [3.05, 3.63) is 22.7 Å². The van der Waals surface area contributed by atoms with Crippen molar-refractivity contribution in [1.29, 1.82) is 0 Å². The molecule has 0 radical (unpaired) electrons. The smallest absolute Gasteiger partial charge is 0.166 e. The second-order valence-electron chi connectivity index (χ2n) is 2.80. The summed E-state index contributed by atoms with van der Waals surface area (Å²) in [4.78, 5) is 0. The minimum atomic E-state index is 0.659. The molecule has 0 fully saturated rings. The van der Waals surface area contributed by atoms with E-state index in [0.717, 1.165) is 16.5 Å². The minimum Gasteiger partial charge on any atom is -0.315 e. The Balaban J connectivity index is 0.000000531. The van der Waals surface area contributed by atoms with Gasteiger partial charge in [0.2, 0.25) is 0 Å². The first-order valence-electron chi connectivity index (χ1n) is 4.77. The van der Waals surface area contributed by atoms with Crippen molar-refractivity contribution in [2.45, 2.75) is 20.8 Å². The number of halogens is 1. The predicted octanol–water partition coefficient (Wildman–Crippen LogP) is 3.81. The fourth-order valence-electron chi connectivity index (χ4n) is 1.31. The average Bonchev–Trinajstić information content (AvgIpc) is 2.71. The number of thiol groups is 1. The van der Waals surface area contributed by atoms with E-state index in [1.807, 2.05) is 32.9 Å². The van der Waals surface area contributed by atoms with Crippen LogP contribution in [0.5, 0.6) is 0 Å². The first kappa shape index (κ1) is 12.2. The van der Waals surface area contributed by atoms with Crippen molar-refractivity contribution < 1.29 is 0 Å². The molecular weight excluding hydrogens is 230 g/mol. The lowest BCUT2D eigenvalue weighted by molar-refractivity contribution is 1.12. The van der Waals surface area contributed by atoms with E-state index in [1.54, 1.807) is 0 Å². The Morgan fingerprint density at radius 1 is 1.40 bits per heavy atom. The standard InChI is InChI=1S/C8H8ClN3S.C2H6/c1-4-2-3-5(9)6-7(4)10-11-8(6)12-13;1-2/h2-3,13H,1H3,(H2,10,11,12);1-2H3. The zero-order chi connectivity index (χ0) is 11.4. The van der Waals surface area contributed by atoms with Crippen LogP contribution in [0.25, 0.3) is 10.9 Å². The van der Waals surface area contributed by atoms with Gasteiger partial charge in [0.15, 0.2) is 5.82 Å². The number of anilines is 1. The number of nitrogens with one attached hydrogen (secondary N) is 2. The molecule has 2 rings (SSSR count). The molecule has 0 aliphatic rings. The summed E-state index contributed by atoms with van der Waals surface area (Å²) in [6.07, 6.45) is 0. The summed E-state index contributed by atoms with van der Waals surface area (Å²) in [5.74, 6) is 0.659. The van der Waals surface area contributed by atoms with Crippen LogP contribution in [0.15, 0.2) is 12.1 Å². The van der Waals surface area contributed by atoms with Crippen molar-refractivity contribution >= 4 is 41.1 Å². The highest BCUT2D eigenvalue weighted by molar-refractivity contribution is 7.81. The van der Waals surface area contributed by atoms with E-state index in [2.05, 4.69) is 27.7 Å². The highest BCUT2D eigenvalue weighted by Gasteiger charge is 2.09. The number of nitrogens with zero attached hydrogens (tertiary/aromatic N) is 1. The van der Waals surface area contributed by atoms with Crippen molar-refractivity contribution in [3.8, 4) is 0 Å². The monoisotopic (exact) mass is 243 g/mol. The van der Waals surface area contributed by atoms with E-state index < -0.39 is 0 Å². The molecular formula is C10H14ClN3S. The molecule has 1 heterocycles. The van der Waals surface area contributed by atoms with Crippen LogP contribution in [0.2, 0.25) is 5.02 Å². The Kier molecular flexibility index (Phi) is 4.29. The molecule has 0 atom stereocenters. The maximum Gasteiger partial charge on any atom is 0.166 e. The van der Waals surface area contributed by atoms with Gasteiger partial charge in [0.25, 0.3) is 0 Å². The van der Waals surface area contributed by atoms with Crippen LogP contribution in [-0.2, 0) is 0 Å². The average molecular weight is 244 g/mol. The summed E-state index contributed by atoms with van der Waals surface area (Å²) in [5, 5.41) is 8.50. The summed E-state index contributed by atoms with van der Waals surface area (Å²) < 4.78 is 2.69. The van der Waals surface area contributed by atoms with Gasteiger partial charge in [0, 0.05) is 0 Å². The van der Waals surface area contributed by atoms with E-state index in [1.165, 1.54) is 0 Å². The van der Waals surface area contributed by atoms with Crippen molar-refractivity contribution in [3.63, 3.8) is 0 Å². The van der Waals surface area contributed by atoms with E-state index >= 15 is 0 Å². The second kappa shape index (κ2) is 5.28. The van der Waals surface area contributed by atoms with Gasteiger partial charge in [-0.25, -0.2) is 0 Å². The Morgan fingerprint density at radius 3 is 2.67 bits per heavy atom. The van der Waals surface area contributed by atoms with Crippen LogP contribution in [0.4, 0.5) is 5.82 Å². The Hall–Kier alpha value is -0.870. The third-order valence-corrected chi connectivity index (χ3v) is 2.51. The zero-order valence-electron chi connectivity index (χ0n) is 8.93. The van der Waals surface area contributed by atoms with Gasteiger partial charge in [-0.05, 0) is 18.6 Å². The summed E-state index contributed by atoms with van der Waals surface area (Å²) in [6, 6.07) is 3.80. The molecule has 0 saturated carbocycles. The van der Waals surface area contributed by atoms with Gasteiger partial charge in [0.1, 0.15) is 0 Å². The quantitative estimate of drug-likeness (QED) is 0.667. The molecule has 0 aliphatic heterocycles.